The van der Waals surface area contributed by atoms with Crippen LogP contribution >= 0.6 is 0 Å². The molecule has 2 rings (SSSR count). The third-order valence-electron chi connectivity index (χ3n) is 4.52. The van der Waals surface area contributed by atoms with Crippen molar-refractivity contribution in [3.8, 4) is 0 Å². The third kappa shape index (κ3) is 4.74. The second-order valence-corrected chi connectivity index (χ2v) is 6.08. The van der Waals surface area contributed by atoms with Crippen molar-refractivity contribution >= 4 is 5.91 Å². The molecule has 118 valence electrons. The minimum Gasteiger partial charge on any atom is -0.349 e. The summed E-state index contributed by atoms with van der Waals surface area (Å²) in [6.45, 7) is 8.67. The van der Waals surface area contributed by atoms with E-state index in [0.29, 0.717) is 5.91 Å². The predicted molar refractivity (Wildman–Crippen MR) is 84.9 cm³/mol. The van der Waals surface area contributed by atoms with Gasteiger partial charge in [0.05, 0.1) is 0 Å². The Kier molecular flexibility index (Phi) is 7.52. The van der Waals surface area contributed by atoms with Crippen molar-refractivity contribution in [2.75, 3.05) is 47.3 Å². The Hall–Kier alpha value is -0.610. The Morgan fingerprint density at radius 2 is 1.45 bits per heavy atom. The molecule has 2 aliphatic rings. The molecule has 2 heterocycles. The van der Waals surface area contributed by atoms with Crippen LogP contribution in [-0.4, -0.2) is 74.0 Å². The molecule has 0 atom stereocenters. The van der Waals surface area contributed by atoms with E-state index >= 15 is 0 Å². The number of nitrogens with zero attached hydrogens (tertiary/aromatic N) is 3. The zero-order valence-corrected chi connectivity index (χ0v) is 14.1. The van der Waals surface area contributed by atoms with Crippen molar-refractivity contribution in [1.29, 1.82) is 0 Å². The second kappa shape index (κ2) is 8.63. The van der Waals surface area contributed by atoms with Gasteiger partial charge >= 0.3 is 0 Å². The lowest BCUT2D eigenvalue weighted by Gasteiger charge is -2.41. The van der Waals surface area contributed by atoms with Crippen LogP contribution in [0.3, 0.4) is 0 Å². The van der Waals surface area contributed by atoms with Gasteiger partial charge in [0, 0.05) is 26.1 Å². The fourth-order valence-electron chi connectivity index (χ4n) is 3.24. The van der Waals surface area contributed by atoms with Gasteiger partial charge in [-0.05, 0) is 58.9 Å². The molecule has 0 aliphatic carbocycles. The van der Waals surface area contributed by atoms with Crippen LogP contribution in [0.4, 0.5) is 0 Å². The van der Waals surface area contributed by atoms with Crippen LogP contribution < -0.4 is 0 Å². The lowest BCUT2D eigenvalue weighted by atomic mass is 9.92. The number of carbonyl (C=O) groups excluding carboxylic acids is 1. The van der Waals surface area contributed by atoms with Crippen LogP contribution in [0.2, 0.25) is 0 Å². The van der Waals surface area contributed by atoms with E-state index < -0.39 is 0 Å². The van der Waals surface area contributed by atoms with Gasteiger partial charge in [-0.3, -0.25) is 4.79 Å². The first-order valence-corrected chi connectivity index (χ1v) is 8.21. The van der Waals surface area contributed by atoms with E-state index in [0.717, 1.165) is 32.0 Å². The van der Waals surface area contributed by atoms with E-state index in [1.54, 1.807) is 4.90 Å². The Morgan fingerprint density at radius 1 is 0.950 bits per heavy atom. The van der Waals surface area contributed by atoms with Gasteiger partial charge in [0.2, 0.25) is 5.91 Å². The minimum absolute atomic E-state index is 0.266. The molecule has 0 aromatic heterocycles. The van der Waals surface area contributed by atoms with Gasteiger partial charge < -0.3 is 14.7 Å². The van der Waals surface area contributed by atoms with E-state index in [4.69, 9.17) is 0 Å². The number of hydrogen-bond donors (Lipinski definition) is 0. The molecular weight excluding hydrogens is 250 g/mol. The monoisotopic (exact) mass is 283 g/mol. The van der Waals surface area contributed by atoms with Gasteiger partial charge in [0.25, 0.3) is 0 Å². The Labute approximate surface area is 125 Å². The molecule has 0 radical (unpaired) electrons. The van der Waals surface area contributed by atoms with Crippen LogP contribution in [0.1, 0.15) is 39.5 Å². The number of amides is 1. The molecule has 2 fully saturated rings. The number of piperidine rings is 2. The van der Waals surface area contributed by atoms with Crippen molar-refractivity contribution < 1.29 is 4.79 Å². The van der Waals surface area contributed by atoms with Crippen LogP contribution in [0.15, 0.2) is 0 Å². The molecule has 0 unspecified atom stereocenters. The second-order valence-electron chi connectivity index (χ2n) is 6.08. The first kappa shape index (κ1) is 17.4. The van der Waals surface area contributed by atoms with Crippen molar-refractivity contribution in [2.45, 2.75) is 45.6 Å². The van der Waals surface area contributed by atoms with Crippen LogP contribution in [0, 0.1) is 5.92 Å². The Bertz CT molecular complexity index is 277. The van der Waals surface area contributed by atoms with Gasteiger partial charge in [0.15, 0.2) is 0 Å². The molecule has 0 bridgehead atoms. The van der Waals surface area contributed by atoms with E-state index in [2.05, 4.69) is 16.8 Å². The summed E-state index contributed by atoms with van der Waals surface area (Å²) >= 11 is 0. The molecule has 4 nitrogen and oxygen atoms in total. The third-order valence-corrected chi connectivity index (χ3v) is 4.52. The van der Waals surface area contributed by atoms with Gasteiger partial charge in [-0.15, -0.1) is 0 Å². The van der Waals surface area contributed by atoms with E-state index in [-0.39, 0.29) is 5.92 Å². The average molecular weight is 283 g/mol. The number of rotatable bonds is 2. The fraction of sp³-hybridized carbons (Fsp3) is 0.938. The maximum Gasteiger partial charge on any atom is 0.225 e. The largest absolute Gasteiger partial charge is 0.349 e. The Balaban J connectivity index is 0.000000956. The maximum absolute atomic E-state index is 11.9. The fourth-order valence-corrected chi connectivity index (χ4v) is 3.24. The van der Waals surface area contributed by atoms with E-state index in [1.165, 1.54) is 25.9 Å². The van der Waals surface area contributed by atoms with Crippen LogP contribution in [0.25, 0.3) is 0 Å². The number of likely N-dealkylation sites (tertiary alicyclic amines) is 2. The summed E-state index contributed by atoms with van der Waals surface area (Å²) in [6.07, 6.45) is 4.68. The topological polar surface area (TPSA) is 26.8 Å². The molecule has 0 aromatic rings. The van der Waals surface area contributed by atoms with Gasteiger partial charge in [-0.25, -0.2) is 0 Å². The maximum atomic E-state index is 11.9. The molecular formula is C16H33N3O. The first-order chi connectivity index (χ1) is 9.58. The molecule has 2 saturated heterocycles. The highest BCUT2D eigenvalue weighted by molar-refractivity contribution is 5.78. The van der Waals surface area contributed by atoms with Gasteiger partial charge in [0.1, 0.15) is 0 Å². The molecule has 4 heteroatoms. The summed E-state index contributed by atoms with van der Waals surface area (Å²) in [6, 6.07) is 0.761. The summed E-state index contributed by atoms with van der Waals surface area (Å²) in [7, 11) is 5.94. The summed E-state index contributed by atoms with van der Waals surface area (Å²) in [4.78, 5) is 18.7. The van der Waals surface area contributed by atoms with Gasteiger partial charge in [-0.1, -0.05) is 13.8 Å². The predicted octanol–water partition coefficient (Wildman–Crippen LogP) is 1.91. The summed E-state index contributed by atoms with van der Waals surface area (Å²) in [5, 5.41) is 0. The van der Waals surface area contributed by atoms with Crippen LogP contribution in [0.5, 0.6) is 0 Å². The highest BCUT2D eigenvalue weighted by atomic mass is 16.2. The smallest absolute Gasteiger partial charge is 0.225 e. The van der Waals surface area contributed by atoms with Crippen molar-refractivity contribution in [1.82, 2.24) is 14.7 Å². The van der Waals surface area contributed by atoms with E-state index in [1.807, 2.05) is 27.9 Å². The molecule has 0 N–H and O–H groups in total. The molecule has 20 heavy (non-hydrogen) atoms. The highest BCUT2D eigenvalue weighted by Gasteiger charge is 2.30. The first-order valence-electron chi connectivity index (χ1n) is 8.21. The molecule has 1 amide bonds. The number of hydrogen-bond acceptors (Lipinski definition) is 3. The summed E-state index contributed by atoms with van der Waals surface area (Å²) in [5.41, 5.74) is 0. The minimum atomic E-state index is 0.266. The molecule has 2 aliphatic heterocycles. The van der Waals surface area contributed by atoms with E-state index in [9.17, 15) is 4.79 Å². The lowest BCUT2D eigenvalue weighted by molar-refractivity contribution is -0.134. The molecule has 0 aromatic carbocycles. The van der Waals surface area contributed by atoms with Crippen molar-refractivity contribution in [3.05, 3.63) is 0 Å². The highest BCUT2D eigenvalue weighted by Crippen LogP contribution is 2.24. The standard InChI is InChI=1S/C14H27N3O.C2H6/c1-15(2)14(18)12-4-10-17(11-5-12)13-6-8-16(3)9-7-13;1-2/h12-13H,4-11H2,1-3H3;1-2H3. The molecule has 0 spiro atoms. The Morgan fingerprint density at radius 3 is 1.90 bits per heavy atom. The summed E-state index contributed by atoms with van der Waals surface area (Å²) in [5.74, 6) is 0.584. The number of carbonyl (C=O) groups is 1. The molecule has 0 saturated carbocycles. The van der Waals surface area contributed by atoms with Crippen molar-refractivity contribution in [2.24, 2.45) is 5.92 Å². The van der Waals surface area contributed by atoms with Crippen LogP contribution in [-0.2, 0) is 4.79 Å². The average Bonchev–Trinajstić information content (AvgIpc) is 2.49. The lowest BCUT2D eigenvalue weighted by Crippen LogP contribution is -2.48. The normalized spacial score (nSPS) is 23.1. The SMILES string of the molecule is CC.CN1CCC(N2CCC(C(=O)N(C)C)CC2)CC1. The zero-order chi connectivity index (χ0) is 15.1. The zero-order valence-electron chi connectivity index (χ0n) is 14.1. The van der Waals surface area contributed by atoms with Crippen molar-refractivity contribution in [3.63, 3.8) is 0 Å². The quantitative estimate of drug-likeness (QED) is 0.774. The van der Waals surface area contributed by atoms with Gasteiger partial charge in [-0.2, -0.15) is 0 Å². The summed E-state index contributed by atoms with van der Waals surface area (Å²) < 4.78 is 0.